The van der Waals surface area contributed by atoms with E-state index in [1.165, 1.54) is 0 Å². The molecule has 0 saturated heterocycles. The third kappa shape index (κ3) is 3.99. The Morgan fingerprint density at radius 1 is 1.60 bits per heavy atom. The summed E-state index contributed by atoms with van der Waals surface area (Å²) in [7, 11) is -1.42. The molecule has 0 unspecified atom stereocenters. The van der Waals surface area contributed by atoms with Gasteiger partial charge in [-0.1, -0.05) is 19.6 Å². The van der Waals surface area contributed by atoms with Gasteiger partial charge in [-0.05, 0) is 22.6 Å². The Morgan fingerprint density at radius 3 is 2.10 bits per heavy atom. The molecule has 0 spiro atoms. The maximum atomic E-state index is 10.0. The van der Waals surface area contributed by atoms with E-state index in [0.29, 0.717) is 0 Å². The summed E-state index contributed by atoms with van der Waals surface area (Å²) in [6.07, 6.45) is 1.10. The number of nitro groups is 1. The van der Waals surface area contributed by atoms with E-state index in [0.717, 1.165) is 9.40 Å². The largest absolute Gasteiger partial charge is 0.259 e. The number of halogens is 1. The lowest BCUT2D eigenvalue weighted by atomic mass is 11.1. The highest BCUT2D eigenvalue weighted by atomic mass is 127. The average molecular weight is 271 g/mol. The smallest absolute Gasteiger partial charge is 0.239 e. The van der Waals surface area contributed by atoms with Gasteiger partial charge in [-0.25, -0.2) is 0 Å². The molecule has 0 amide bonds. The molecular formula is C5H10INO2Si. The van der Waals surface area contributed by atoms with Crippen molar-refractivity contribution in [3.8, 4) is 0 Å². The van der Waals surface area contributed by atoms with E-state index in [2.05, 4.69) is 19.6 Å². The van der Waals surface area contributed by atoms with E-state index in [1.807, 2.05) is 22.6 Å². The van der Waals surface area contributed by atoms with Gasteiger partial charge in [0.2, 0.25) is 6.20 Å². The minimum Gasteiger partial charge on any atom is -0.259 e. The van der Waals surface area contributed by atoms with Gasteiger partial charge in [0.05, 0.1) is 13.0 Å². The van der Waals surface area contributed by atoms with Crippen LogP contribution in [0, 0.1) is 10.1 Å². The molecule has 0 rings (SSSR count). The zero-order chi connectivity index (χ0) is 8.36. The van der Waals surface area contributed by atoms with Crippen molar-refractivity contribution in [2.75, 3.05) is 0 Å². The fourth-order valence-corrected chi connectivity index (χ4v) is 1.01. The van der Waals surface area contributed by atoms with Gasteiger partial charge in [0.15, 0.2) is 0 Å². The molecule has 0 aliphatic carbocycles. The second-order valence-electron chi connectivity index (χ2n) is 3.01. The van der Waals surface area contributed by atoms with Crippen LogP contribution in [0.2, 0.25) is 19.6 Å². The maximum absolute atomic E-state index is 10.0. The molecule has 0 radical (unpaired) electrons. The van der Waals surface area contributed by atoms with Crippen LogP contribution in [0.4, 0.5) is 0 Å². The number of hydrogen-bond donors (Lipinski definition) is 0. The van der Waals surface area contributed by atoms with E-state index in [1.54, 1.807) is 0 Å². The molecule has 0 fully saturated rings. The predicted octanol–water partition coefficient (Wildman–Crippen LogP) is 2.42. The molecule has 0 bridgehead atoms. The topological polar surface area (TPSA) is 43.1 Å². The Hall–Kier alpha value is 0.0869. The average Bonchev–Trinajstić information content (AvgIpc) is 1.60. The molecule has 0 aliphatic heterocycles. The van der Waals surface area contributed by atoms with E-state index in [4.69, 9.17) is 0 Å². The molecule has 5 heteroatoms. The lowest BCUT2D eigenvalue weighted by Gasteiger charge is -2.11. The van der Waals surface area contributed by atoms with Crippen LogP contribution in [0.3, 0.4) is 0 Å². The Balaban J connectivity index is 4.35. The second kappa shape index (κ2) is 3.47. The first-order chi connectivity index (χ1) is 4.34. The van der Waals surface area contributed by atoms with Gasteiger partial charge in [-0.15, -0.1) is 0 Å². The van der Waals surface area contributed by atoms with Crippen LogP contribution in [0.5, 0.6) is 0 Å². The summed E-state index contributed by atoms with van der Waals surface area (Å²) >= 11 is 2.04. The maximum Gasteiger partial charge on any atom is 0.239 e. The van der Waals surface area contributed by atoms with E-state index < -0.39 is 8.07 Å². The fraction of sp³-hybridized carbons (Fsp3) is 0.600. The molecule has 0 heterocycles. The zero-order valence-electron chi connectivity index (χ0n) is 6.22. The first kappa shape index (κ1) is 10.1. The third-order valence-electron chi connectivity index (χ3n) is 0.935. The van der Waals surface area contributed by atoms with Gasteiger partial charge in [-0.3, -0.25) is 10.1 Å². The fourth-order valence-electron chi connectivity index (χ4n) is 0.286. The summed E-state index contributed by atoms with van der Waals surface area (Å²) in [5, 5.41) is 10.0. The summed E-state index contributed by atoms with van der Waals surface area (Å²) in [5.74, 6) is 0. The summed E-state index contributed by atoms with van der Waals surface area (Å²) in [4.78, 5) is 9.61. The highest BCUT2D eigenvalue weighted by molar-refractivity contribution is 14.1. The molecule has 0 atom stereocenters. The standard InChI is InChI=1S/C5H10INO2Si/c1-10(2,3)5(6)4-7(8)9/h4H,1-3H3/b5-4-. The first-order valence-electron chi connectivity index (χ1n) is 2.85. The van der Waals surface area contributed by atoms with Gasteiger partial charge >= 0.3 is 0 Å². The minimum atomic E-state index is -1.42. The summed E-state index contributed by atoms with van der Waals surface area (Å²) in [6.45, 7) is 6.23. The van der Waals surface area contributed by atoms with Crippen LogP contribution in [-0.2, 0) is 0 Å². The molecule has 0 saturated carbocycles. The van der Waals surface area contributed by atoms with Gasteiger partial charge in [0, 0.05) is 3.20 Å². The van der Waals surface area contributed by atoms with Crippen molar-refractivity contribution < 1.29 is 4.92 Å². The number of nitrogens with zero attached hydrogens (tertiary/aromatic N) is 1. The lowest BCUT2D eigenvalue weighted by Crippen LogP contribution is -2.20. The van der Waals surface area contributed by atoms with Crippen LogP contribution in [0.25, 0.3) is 0 Å². The van der Waals surface area contributed by atoms with Crippen molar-refractivity contribution in [2.45, 2.75) is 19.6 Å². The number of hydrogen-bond acceptors (Lipinski definition) is 2. The van der Waals surface area contributed by atoms with Crippen LogP contribution >= 0.6 is 22.6 Å². The normalized spacial score (nSPS) is 13.4. The number of rotatable bonds is 2. The summed E-state index contributed by atoms with van der Waals surface area (Å²) in [5.41, 5.74) is 0. The molecule has 0 aromatic rings. The van der Waals surface area contributed by atoms with Crippen molar-refractivity contribution in [1.82, 2.24) is 0 Å². The highest BCUT2D eigenvalue weighted by Gasteiger charge is 2.19. The molecular weight excluding hydrogens is 261 g/mol. The molecule has 3 nitrogen and oxygen atoms in total. The molecule has 0 aliphatic rings. The van der Waals surface area contributed by atoms with Crippen LogP contribution in [0.15, 0.2) is 9.40 Å². The Morgan fingerprint density at radius 2 is 2.00 bits per heavy atom. The van der Waals surface area contributed by atoms with Gasteiger partial charge in [0.1, 0.15) is 0 Å². The molecule has 10 heavy (non-hydrogen) atoms. The quantitative estimate of drug-likeness (QED) is 0.335. The Bertz CT molecular complexity index is 173. The SMILES string of the molecule is C[Si](C)(C)/C(I)=C\[N+](=O)[O-]. The molecule has 0 aromatic heterocycles. The van der Waals surface area contributed by atoms with Crippen molar-refractivity contribution in [2.24, 2.45) is 0 Å². The van der Waals surface area contributed by atoms with Crippen molar-refractivity contribution in [3.05, 3.63) is 19.5 Å². The van der Waals surface area contributed by atoms with Crippen molar-refractivity contribution in [3.63, 3.8) is 0 Å². The van der Waals surface area contributed by atoms with E-state index in [-0.39, 0.29) is 4.92 Å². The lowest BCUT2D eigenvalue weighted by molar-refractivity contribution is -0.402. The van der Waals surface area contributed by atoms with Crippen molar-refractivity contribution in [1.29, 1.82) is 0 Å². The van der Waals surface area contributed by atoms with Gasteiger partial charge in [0.25, 0.3) is 0 Å². The monoisotopic (exact) mass is 271 g/mol. The third-order valence-corrected chi connectivity index (χ3v) is 7.63. The Kier molecular flexibility index (Phi) is 3.50. The Labute approximate surface area is 74.8 Å². The molecule has 58 valence electrons. The second-order valence-corrected chi connectivity index (χ2v) is 10.2. The highest BCUT2D eigenvalue weighted by Crippen LogP contribution is 2.20. The predicted molar refractivity (Wildman–Crippen MR) is 52.4 cm³/mol. The van der Waals surface area contributed by atoms with Crippen molar-refractivity contribution >= 4 is 30.7 Å². The zero-order valence-corrected chi connectivity index (χ0v) is 9.38. The van der Waals surface area contributed by atoms with Gasteiger partial charge < -0.3 is 0 Å². The minimum absolute atomic E-state index is 0.389. The van der Waals surface area contributed by atoms with E-state index >= 15 is 0 Å². The van der Waals surface area contributed by atoms with Gasteiger partial charge in [-0.2, -0.15) is 0 Å². The molecule has 0 aromatic carbocycles. The molecule has 0 N–H and O–H groups in total. The van der Waals surface area contributed by atoms with E-state index in [9.17, 15) is 10.1 Å². The van der Waals surface area contributed by atoms with Crippen LogP contribution < -0.4 is 0 Å². The summed E-state index contributed by atoms with van der Waals surface area (Å²) < 4.78 is 0.898. The first-order valence-corrected chi connectivity index (χ1v) is 7.43. The van der Waals surface area contributed by atoms with Crippen LogP contribution in [-0.4, -0.2) is 13.0 Å². The summed E-state index contributed by atoms with van der Waals surface area (Å²) in [6, 6.07) is 0. The van der Waals surface area contributed by atoms with Crippen LogP contribution in [0.1, 0.15) is 0 Å².